The molecule has 0 amide bonds. The molecule has 2 rings (SSSR count). The van der Waals surface area contributed by atoms with Gasteiger partial charge in [0.1, 0.15) is 11.5 Å². The third-order valence-electron chi connectivity index (χ3n) is 2.95. The lowest BCUT2D eigenvalue weighted by Crippen LogP contribution is -2.08. The van der Waals surface area contributed by atoms with Gasteiger partial charge in [0, 0.05) is 17.2 Å². The molecule has 0 aliphatic rings. The molecule has 4 heteroatoms. The second-order valence-corrected chi connectivity index (χ2v) is 4.24. The van der Waals surface area contributed by atoms with Crippen molar-refractivity contribution in [1.82, 2.24) is 0 Å². The summed E-state index contributed by atoms with van der Waals surface area (Å²) in [5.41, 5.74) is 0.553. The standard InChI is InChI=1S/C16H15FO3/c1-19-13-8-12(9-14(10-13)20-2)15(17)16(18)11-6-4-3-5-7-11/h3-10,15H,1-2H3. The van der Waals surface area contributed by atoms with Crippen LogP contribution in [0.2, 0.25) is 0 Å². The van der Waals surface area contributed by atoms with E-state index in [0.29, 0.717) is 17.1 Å². The Balaban J connectivity index is 2.33. The molecule has 104 valence electrons. The van der Waals surface area contributed by atoms with Crippen molar-refractivity contribution in [2.24, 2.45) is 0 Å². The number of Topliss-reactive ketones (excluding diaryl/α,β-unsaturated/α-hetero) is 1. The molecule has 0 radical (unpaired) electrons. The quantitative estimate of drug-likeness (QED) is 0.781. The lowest BCUT2D eigenvalue weighted by atomic mass is 10.0. The highest BCUT2D eigenvalue weighted by Gasteiger charge is 2.22. The van der Waals surface area contributed by atoms with Crippen LogP contribution < -0.4 is 9.47 Å². The minimum absolute atomic E-state index is 0.218. The van der Waals surface area contributed by atoms with Crippen LogP contribution in [0.15, 0.2) is 48.5 Å². The molecule has 1 unspecified atom stereocenters. The first kappa shape index (κ1) is 14.1. The fourth-order valence-electron chi connectivity index (χ4n) is 1.88. The van der Waals surface area contributed by atoms with E-state index in [9.17, 15) is 9.18 Å². The van der Waals surface area contributed by atoms with Crippen molar-refractivity contribution in [3.05, 3.63) is 59.7 Å². The van der Waals surface area contributed by atoms with Crippen LogP contribution in [0.5, 0.6) is 11.5 Å². The Bertz CT molecular complexity index is 574. The molecule has 0 saturated carbocycles. The maximum atomic E-state index is 14.4. The zero-order valence-electron chi connectivity index (χ0n) is 11.3. The van der Waals surface area contributed by atoms with E-state index in [1.165, 1.54) is 26.4 Å². The van der Waals surface area contributed by atoms with E-state index in [4.69, 9.17) is 9.47 Å². The Hall–Kier alpha value is -2.36. The maximum absolute atomic E-state index is 14.4. The van der Waals surface area contributed by atoms with Crippen molar-refractivity contribution in [3.8, 4) is 11.5 Å². The summed E-state index contributed by atoms with van der Waals surface area (Å²) in [7, 11) is 2.95. The molecule has 0 spiro atoms. The molecule has 0 fully saturated rings. The fourth-order valence-corrected chi connectivity index (χ4v) is 1.88. The first-order valence-corrected chi connectivity index (χ1v) is 6.12. The number of carbonyl (C=O) groups is 1. The van der Waals surface area contributed by atoms with E-state index >= 15 is 0 Å². The summed E-state index contributed by atoms with van der Waals surface area (Å²) in [5.74, 6) is 0.312. The lowest BCUT2D eigenvalue weighted by Gasteiger charge is -2.11. The fraction of sp³-hybridized carbons (Fsp3) is 0.188. The van der Waals surface area contributed by atoms with E-state index < -0.39 is 12.0 Å². The van der Waals surface area contributed by atoms with Crippen molar-refractivity contribution in [2.45, 2.75) is 6.17 Å². The van der Waals surface area contributed by atoms with E-state index in [-0.39, 0.29) is 5.56 Å². The van der Waals surface area contributed by atoms with E-state index in [2.05, 4.69) is 0 Å². The van der Waals surface area contributed by atoms with Gasteiger partial charge >= 0.3 is 0 Å². The van der Waals surface area contributed by atoms with Crippen molar-refractivity contribution >= 4 is 5.78 Å². The van der Waals surface area contributed by atoms with Crippen LogP contribution in [-0.4, -0.2) is 20.0 Å². The van der Waals surface area contributed by atoms with Gasteiger partial charge in [-0.15, -0.1) is 0 Å². The van der Waals surface area contributed by atoms with Crippen molar-refractivity contribution in [3.63, 3.8) is 0 Å². The van der Waals surface area contributed by atoms with Crippen molar-refractivity contribution in [2.75, 3.05) is 14.2 Å². The largest absolute Gasteiger partial charge is 0.497 e. The minimum atomic E-state index is -1.75. The SMILES string of the molecule is COc1cc(OC)cc(C(F)C(=O)c2ccccc2)c1. The van der Waals surface area contributed by atoms with E-state index in [1.54, 1.807) is 36.4 Å². The van der Waals surface area contributed by atoms with Crippen LogP contribution in [-0.2, 0) is 0 Å². The first-order chi connectivity index (χ1) is 9.65. The van der Waals surface area contributed by atoms with Gasteiger partial charge in [-0.3, -0.25) is 4.79 Å². The Morgan fingerprint density at radius 3 is 2.05 bits per heavy atom. The predicted octanol–water partition coefficient (Wildman–Crippen LogP) is 3.60. The van der Waals surface area contributed by atoms with Gasteiger partial charge in [-0.05, 0) is 12.1 Å². The highest BCUT2D eigenvalue weighted by atomic mass is 19.1. The number of carbonyl (C=O) groups excluding carboxylic acids is 1. The van der Waals surface area contributed by atoms with Gasteiger partial charge in [0.05, 0.1) is 14.2 Å². The third kappa shape index (κ3) is 2.96. The number of hydrogen-bond donors (Lipinski definition) is 0. The molecule has 1 atom stereocenters. The molecule has 0 bridgehead atoms. The molecule has 2 aromatic carbocycles. The third-order valence-corrected chi connectivity index (χ3v) is 2.95. The molecule has 20 heavy (non-hydrogen) atoms. The average Bonchev–Trinajstić information content (AvgIpc) is 2.53. The molecule has 2 aromatic rings. The number of alkyl halides is 1. The van der Waals surface area contributed by atoms with Crippen LogP contribution >= 0.6 is 0 Å². The Morgan fingerprint density at radius 2 is 1.55 bits per heavy atom. The van der Waals surface area contributed by atoms with Gasteiger partial charge in [0.25, 0.3) is 0 Å². The number of ketones is 1. The van der Waals surface area contributed by atoms with Crippen LogP contribution in [0, 0.1) is 0 Å². The Morgan fingerprint density at radius 1 is 1.00 bits per heavy atom. The number of rotatable bonds is 5. The van der Waals surface area contributed by atoms with Gasteiger partial charge in [0.2, 0.25) is 5.78 Å². The highest BCUT2D eigenvalue weighted by Crippen LogP contribution is 2.30. The molecule has 0 heterocycles. The van der Waals surface area contributed by atoms with Crippen LogP contribution in [0.3, 0.4) is 0 Å². The van der Waals surface area contributed by atoms with Gasteiger partial charge in [-0.25, -0.2) is 4.39 Å². The highest BCUT2D eigenvalue weighted by molar-refractivity contribution is 6.00. The van der Waals surface area contributed by atoms with Gasteiger partial charge < -0.3 is 9.47 Å². The van der Waals surface area contributed by atoms with Crippen LogP contribution in [0.4, 0.5) is 4.39 Å². The van der Waals surface area contributed by atoms with E-state index in [0.717, 1.165) is 0 Å². The molecular weight excluding hydrogens is 259 g/mol. The Labute approximate surface area is 117 Å². The Kier molecular flexibility index (Phi) is 4.35. The topological polar surface area (TPSA) is 35.5 Å². The second-order valence-electron chi connectivity index (χ2n) is 4.24. The lowest BCUT2D eigenvalue weighted by molar-refractivity contribution is 0.0877. The number of ether oxygens (including phenoxy) is 2. The second kappa shape index (κ2) is 6.19. The smallest absolute Gasteiger partial charge is 0.201 e. The first-order valence-electron chi connectivity index (χ1n) is 6.12. The zero-order chi connectivity index (χ0) is 14.5. The summed E-state index contributed by atoms with van der Waals surface area (Å²) >= 11 is 0. The van der Waals surface area contributed by atoms with Gasteiger partial charge in [-0.2, -0.15) is 0 Å². The number of hydrogen-bond acceptors (Lipinski definition) is 3. The molecule has 3 nitrogen and oxygen atoms in total. The molecule has 0 saturated heterocycles. The van der Waals surface area contributed by atoms with Crippen molar-refractivity contribution < 1.29 is 18.7 Å². The van der Waals surface area contributed by atoms with Crippen molar-refractivity contribution in [1.29, 1.82) is 0 Å². The minimum Gasteiger partial charge on any atom is -0.497 e. The predicted molar refractivity (Wildman–Crippen MR) is 74.2 cm³/mol. The monoisotopic (exact) mass is 274 g/mol. The molecule has 0 aliphatic carbocycles. The molecule has 0 aliphatic heterocycles. The van der Waals surface area contributed by atoms with Crippen LogP contribution in [0.1, 0.15) is 22.1 Å². The number of halogens is 1. The number of benzene rings is 2. The maximum Gasteiger partial charge on any atom is 0.201 e. The summed E-state index contributed by atoms with van der Waals surface area (Å²) in [6, 6.07) is 13.0. The summed E-state index contributed by atoms with van der Waals surface area (Å²) in [4.78, 5) is 12.1. The van der Waals surface area contributed by atoms with Gasteiger partial charge in [0.15, 0.2) is 6.17 Å². The number of methoxy groups -OCH3 is 2. The summed E-state index contributed by atoms with van der Waals surface area (Å²) in [6.45, 7) is 0. The zero-order valence-corrected chi connectivity index (χ0v) is 11.3. The molecule has 0 N–H and O–H groups in total. The molecule has 0 aromatic heterocycles. The normalized spacial score (nSPS) is 11.8. The van der Waals surface area contributed by atoms with Crippen LogP contribution in [0.25, 0.3) is 0 Å². The van der Waals surface area contributed by atoms with Gasteiger partial charge in [-0.1, -0.05) is 30.3 Å². The summed E-state index contributed by atoms with van der Waals surface area (Å²) in [5, 5.41) is 0. The molecular formula is C16H15FO3. The summed E-state index contributed by atoms with van der Waals surface area (Å²) in [6.07, 6.45) is -1.75. The average molecular weight is 274 g/mol. The van der Waals surface area contributed by atoms with E-state index in [1.807, 2.05) is 0 Å². The summed E-state index contributed by atoms with van der Waals surface area (Å²) < 4.78 is 24.5.